The maximum Gasteiger partial charge on any atom is 0.416 e. The van der Waals surface area contributed by atoms with Gasteiger partial charge >= 0.3 is 18.3 Å². The van der Waals surface area contributed by atoms with Gasteiger partial charge in [0.15, 0.2) is 0 Å². The van der Waals surface area contributed by atoms with Gasteiger partial charge in [0.1, 0.15) is 11.8 Å². The first-order valence-electron chi connectivity index (χ1n) is 8.52. The lowest BCUT2D eigenvalue weighted by Crippen LogP contribution is -2.48. The number of benzene rings is 1. The van der Waals surface area contributed by atoms with E-state index in [0.717, 1.165) is 7.11 Å². The lowest BCUT2D eigenvalue weighted by atomic mass is 9.83. The number of amides is 1. The van der Waals surface area contributed by atoms with Crippen molar-refractivity contribution < 1.29 is 45.5 Å². The molecular formula is C18H17F6NO4. The van der Waals surface area contributed by atoms with Crippen molar-refractivity contribution in [3.63, 3.8) is 0 Å². The largest absolute Gasteiger partial charge is 0.467 e. The Labute approximate surface area is 161 Å². The van der Waals surface area contributed by atoms with Crippen LogP contribution in [0.15, 0.2) is 18.2 Å². The quantitative estimate of drug-likeness (QED) is 0.589. The number of Topliss-reactive ketones (excluding diaryl/α,β-unsaturated/α-hetero) is 1. The van der Waals surface area contributed by atoms with Gasteiger partial charge in [0.05, 0.1) is 18.2 Å². The van der Waals surface area contributed by atoms with E-state index < -0.39 is 52.9 Å². The van der Waals surface area contributed by atoms with Crippen molar-refractivity contribution in [1.29, 1.82) is 0 Å². The maximum atomic E-state index is 13.0. The molecule has 29 heavy (non-hydrogen) atoms. The van der Waals surface area contributed by atoms with Gasteiger partial charge in [-0.1, -0.05) is 0 Å². The molecular weight excluding hydrogens is 408 g/mol. The number of ether oxygens (including phenoxy) is 1. The molecule has 0 spiro atoms. The van der Waals surface area contributed by atoms with Crippen molar-refractivity contribution in [2.24, 2.45) is 5.92 Å². The Balaban J connectivity index is 2.38. The zero-order valence-corrected chi connectivity index (χ0v) is 15.1. The summed E-state index contributed by atoms with van der Waals surface area (Å²) in [5.74, 6) is -3.08. The standard InChI is InChI=1S/C18H17F6NO4/c1-29-16(28)14(9-3-2-4-13(26)7-9)25-15(27)10-5-11(17(19,20)21)8-12(6-10)18(22,23)24/h5-6,8-9,14H,2-4,7H2,1H3,(H,25,27)/t9-,14-/m0/s1. The molecule has 0 radical (unpaired) electrons. The van der Waals surface area contributed by atoms with Crippen LogP contribution in [-0.4, -0.2) is 30.8 Å². The van der Waals surface area contributed by atoms with Crippen LogP contribution in [0.1, 0.15) is 47.2 Å². The van der Waals surface area contributed by atoms with Crippen molar-refractivity contribution in [2.45, 2.75) is 44.1 Å². The number of methoxy groups -OCH3 is 1. The minimum atomic E-state index is -5.12. The van der Waals surface area contributed by atoms with Gasteiger partial charge in [-0.25, -0.2) is 4.79 Å². The number of ketones is 1. The highest BCUT2D eigenvalue weighted by molar-refractivity contribution is 5.97. The summed E-state index contributed by atoms with van der Waals surface area (Å²) >= 11 is 0. The minimum absolute atomic E-state index is 0.0591. The number of carbonyl (C=O) groups is 3. The molecule has 2 rings (SSSR count). The Bertz CT molecular complexity index is 770. The molecule has 1 aliphatic carbocycles. The highest BCUT2D eigenvalue weighted by Crippen LogP contribution is 2.36. The van der Waals surface area contributed by atoms with E-state index in [1.807, 2.05) is 0 Å². The van der Waals surface area contributed by atoms with E-state index in [1.54, 1.807) is 0 Å². The van der Waals surface area contributed by atoms with Crippen molar-refractivity contribution in [2.75, 3.05) is 7.11 Å². The summed E-state index contributed by atoms with van der Waals surface area (Å²) in [4.78, 5) is 36.1. The smallest absolute Gasteiger partial charge is 0.416 e. The summed E-state index contributed by atoms with van der Waals surface area (Å²) in [5, 5.41) is 2.13. The van der Waals surface area contributed by atoms with Crippen LogP contribution in [0.3, 0.4) is 0 Å². The minimum Gasteiger partial charge on any atom is -0.467 e. The van der Waals surface area contributed by atoms with Crippen LogP contribution in [0, 0.1) is 5.92 Å². The van der Waals surface area contributed by atoms with Gasteiger partial charge in [0.2, 0.25) is 0 Å². The molecule has 11 heteroatoms. The fourth-order valence-electron chi connectivity index (χ4n) is 3.15. The Morgan fingerprint density at radius 3 is 2.07 bits per heavy atom. The molecule has 1 aromatic carbocycles. The molecule has 1 saturated carbocycles. The van der Waals surface area contributed by atoms with E-state index in [9.17, 15) is 40.7 Å². The summed E-state index contributed by atoms with van der Waals surface area (Å²) in [6.45, 7) is 0. The number of carbonyl (C=O) groups excluding carboxylic acids is 3. The molecule has 0 saturated heterocycles. The normalized spacial score (nSPS) is 18.9. The van der Waals surface area contributed by atoms with Crippen LogP contribution in [0.25, 0.3) is 0 Å². The molecule has 1 fully saturated rings. The average Bonchev–Trinajstić information content (AvgIpc) is 2.63. The first-order valence-corrected chi connectivity index (χ1v) is 8.52. The first kappa shape index (κ1) is 22.7. The van der Waals surface area contributed by atoms with Crippen molar-refractivity contribution in [1.82, 2.24) is 5.32 Å². The highest BCUT2D eigenvalue weighted by atomic mass is 19.4. The summed E-state index contributed by atoms with van der Waals surface area (Å²) in [5.41, 5.74) is -4.22. The molecule has 1 aromatic rings. The van der Waals surface area contributed by atoms with Crippen LogP contribution < -0.4 is 5.32 Å². The van der Waals surface area contributed by atoms with Crippen LogP contribution in [0.5, 0.6) is 0 Å². The molecule has 0 aromatic heterocycles. The monoisotopic (exact) mass is 425 g/mol. The zero-order valence-electron chi connectivity index (χ0n) is 15.1. The fraction of sp³-hybridized carbons (Fsp3) is 0.500. The Morgan fingerprint density at radius 2 is 1.62 bits per heavy atom. The van der Waals surface area contributed by atoms with Gasteiger partial charge in [-0.2, -0.15) is 26.3 Å². The molecule has 0 unspecified atom stereocenters. The van der Waals surface area contributed by atoms with E-state index >= 15 is 0 Å². The fourth-order valence-corrected chi connectivity index (χ4v) is 3.15. The summed E-state index contributed by atoms with van der Waals surface area (Å²) < 4.78 is 82.4. The third-order valence-electron chi connectivity index (χ3n) is 4.58. The summed E-state index contributed by atoms with van der Waals surface area (Å²) in [6, 6.07) is -0.940. The molecule has 0 heterocycles. The number of hydrogen-bond acceptors (Lipinski definition) is 4. The third-order valence-corrected chi connectivity index (χ3v) is 4.58. The molecule has 1 N–H and O–H groups in total. The average molecular weight is 425 g/mol. The number of hydrogen-bond donors (Lipinski definition) is 1. The number of halogens is 6. The van der Waals surface area contributed by atoms with E-state index in [0.29, 0.717) is 19.3 Å². The number of rotatable bonds is 4. The first-order chi connectivity index (χ1) is 13.3. The van der Waals surface area contributed by atoms with Crippen molar-refractivity contribution in [3.8, 4) is 0 Å². The second-order valence-electron chi connectivity index (χ2n) is 6.66. The van der Waals surface area contributed by atoms with Crippen LogP contribution in [0.2, 0.25) is 0 Å². The summed E-state index contributed by atoms with van der Waals surface area (Å²) in [7, 11) is 1.01. The van der Waals surface area contributed by atoms with Crippen molar-refractivity contribution in [3.05, 3.63) is 34.9 Å². The van der Waals surface area contributed by atoms with Gasteiger partial charge < -0.3 is 10.1 Å². The maximum absolute atomic E-state index is 13.0. The van der Waals surface area contributed by atoms with E-state index in [1.165, 1.54) is 0 Å². The molecule has 160 valence electrons. The second kappa shape index (κ2) is 8.42. The lowest BCUT2D eigenvalue weighted by molar-refractivity contribution is -0.145. The Hall–Kier alpha value is -2.59. The number of alkyl halides is 6. The van der Waals surface area contributed by atoms with Gasteiger partial charge in [-0.05, 0) is 37.0 Å². The van der Waals surface area contributed by atoms with Crippen LogP contribution in [-0.2, 0) is 26.7 Å². The van der Waals surface area contributed by atoms with E-state index in [4.69, 9.17) is 0 Å². The predicted octanol–water partition coefficient (Wildman–Crippen LogP) is 3.75. The molecule has 5 nitrogen and oxygen atoms in total. The van der Waals surface area contributed by atoms with E-state index in [-0.39, 0.29) is 30.4 Å². The molecule has 0 aliphatic heterocycles. The third kappa shape index (κ3) is 5.70. The highest BCUT2D eigenvalue weighted by Gasteiger charge is 2.39. The molecule has 0 bridgehead atoms. The zero-order chi connectivity index (χ0) is 22.0. The number of nitrogens with one attached hydrogen (secondary N) is 1. The van der Waals surface area contributed by atoms with Gasteiger partial charge in [-0.15, -0.1) is 0 Å². The second-order valence-corrected chi connectivity index (χ2v) is 6.66. The van der Waals surface area contributed by atoms with E-state index in [2.05, 4.69) is 10.1 Å². The Morgan fingerprint density at radius 1 is 1.07 bits per heavy atom. The lowest BCUT2D eigenvalue weighted by Gasteiger charge is -2.28. The van der Waals surface area contributed by atoms with Gasteiger partial charge in [-0.3, -0.25) is 9.59 Å². The van der Waals surface area contributed by atoms with Gasteiger partial charge in [0.25, 0.3) is 5.91 Å². The molecule has 1 amide bonds. The SMILES string of the molecule is COC(=O)[C@@H](NC(=O)c1cc(C(F)(F)F)cc(C(F)(F)F)c1)[C@H]1CCCC(=O)C1. The molecule has 2 atom stereocenters. The topological polar surface area (TPSA) is 72.5 Å². The van der Waals surface area contributed by atoms with Crippen LogP contribution in [0.4, 0.5) is 26.3 Å². The van der Waals surface area contributed by atoms with Crippen LogP contribution >= 0.6 is 0 Å². The van der Waals surface area contributed by atoms with Gasteiger partial charge in [0, 0.05) is 18.4 Å². The Kier molecular flexibility index (Phi) is 6.59. The molecule has 1 aliphatic rings. The predicted molar refractivity (Wildman–Crippen MR) is 86.7 cm³/mol. The summed E-state index contributed by atoms with van der Waals surface area (Å²) in [6.07, 6.45) is -9.20. The number of esters is 1. The van der Waals surface area contributed by atoms with Crippen molar-refractivity contribution >= 4 is 17.7 Å².